The molecule has 17 heavy (non-hydrogen) atoms. The van der Waals surface area contributed by atoms with E-state index >= 15 is 0 Å². The van der Waals surface area contributed by atoms with Crippen LogP contribution < -0.4 is 18.9 Å². The number of hydrogen-bond acceptors (Lipinski definition) is 4. The van der Waals surface area contributed by atoms with Crippen molar-refractivity contribution >= 4 is 7.82 Å². The molecule has 0 fully saturated rings. The second kappa shape index (κ2) is 7.99. The summed E-state index contributed by atoms with van der Waals surface area (Å²) in [5, 5.41) is 0. The Morgan fingerprint density at radius 2 is 1.71 bits per heavy atom. The first kappa shape index (κ1) is 20.0. The van der Waals surface area contributed by atoms with E-state index in [0.29, 0.717) is 12.7 Å². The van der Waals surface area contributed by atoms with Gasteiger partial charge in [0.1, 0.15) is 0 Å². The monoisotopic (exact) mass is 258 g/mol. The number of rotatable bonds is 6. The molecule has 98 valence electrons. The van der Waals surface area contributed by atoms with Crippen molar-refractivity contribution in [1.82, 2.24) is 0 Å². The molecule has 0 aliphatic carbocycles. The SMILES string of the molecule is C[C-](C)OP(=O)(OCC(C)(C)C)OC(C)C.[Li+]. The van der Waals surface area contributed by atoms with Gasteiger partial charge >= 0.3 is 26.7 Å². The molecule has 0 aliphatic rings. The fourth-order valence-electron chi connectivity index (χ4n) is 0.833. The summed E-state index contributed by atoms with van der Waals surface area (Å²) in [6.45, 7) is 13.3. The second-order valence-corrected chi connectivity index (χ2v) is 6.98. The molecule has 1 atom stereocenters. The molecular formula is C11H24LiO4P. The van der Waals surface area contributed by atoms with Gasteiger partial charge in [0.05, 0.1) is 12.7 Å². The largest absolute Gasteiger partial charge is 1.00 e. The Hall–Kier alpha value is 0.707. The van der Waals surface area contributed by atoms with Gasteiger partial charge in [-0.3, -0.25) is 9.05 Å². The van der Waals surface area contributed by atoms with Crippen molar-refractivity contribution in [3.8, 4) is 0 Å². The zero-order chi connectivity index (χ0) is 13.0. The topological polar surface area (TPSA) is 44.8 Å². The molecule has 0 aromatic rings. The third-order valence-electron chi connectivity index (χ3n) is 1.29. The summed E-state index contributed by atoms with van der Waals surface area (Å²) < 4.78 is 27.9. The van der Waals surface area contributed by atoms with Crippen molar-refractivity contribution in [3.05, 3.63) is 6.10 Å². The van der Waals surface area contributed by atoms with Gasteiger partial charge in [-0.2, -0.15) is 20.0 Å². The van der Waals surface area contributed by atoms with E-state index in [0.717, 1.165) is 0 Å². The Labute approximate surface area is 118 Å². The minimum absolute atomic E-state index is 0. The summed E-state index contributed by atoms with van der Waals surface area (Å²) in [5.41, 5.74) is -0.0823. The van der Waals surface area contributed by atoms with Gasteiger partial charge in [0, 0.05) is 0 Å². The van der Waals surface area contributed by atoms with E-state index in [1.807, 2.05) is 20.8 Å². The van der Waals surface area contributed by atoms with E-state index in [1.165, 1.54) is 0 Å². The maximum atomic E-state index is 12.2. The molecule has 0 aliphatic heterocycles. The molecule has 0 saturated heterocycles. The van der Waals surface area contributed by atoms with E-state index in [-0.39, 0.29) is 30.4 Å². The fraction of sp³-hybridized carbons (Fsp3) is 0.909. The molecule has 4 nitrogen and oxygen atoms in total. The third-order valence-corrected chi connectivity index (χ3v) is 3.00. The Morgan fingerprint density at radius 3 is 2.00 bits per heavy atom. The van der Waals surface area contributed by atoms with Crippen molar-refractivity contribution in [2.75, 3.05) is 6.61 Å². The molecule has 1 unspecified atom stereocenters. The molecular weight excluding hydrogens is 234 g/mol. The van der Waals surface area contributed by atoms with Gasteiger partial charge in [-0.05, 0) is 19.3 Å². The summed E-state index contributed by atoms with van der Waals surface area (Å²) in [6, 6.07) is 0. The first-order valence-corrected chi connectivity index (χ1v) is 6.93. The summed E-state index contributed by atoms with van der Waals surface area (Å²) in [4.78, 5) is 0. The van der Waals surface area contributed by atoms with Gasteiger partial charge in [-0.15, -0.1) is 0 Å². The molecule has 0 aromatic carbocycles. The predicted molar refractivity (Wildman–Crippen MR) is 64.9 cm³/mol. The molecule has 0 bridgehead atoms. The normalized spacial score (nSPS) is 15.8. The molecule has 0 rings (SSSR count). The first-order valence-electron chi connectivity index (χ1n) is 5.47. The van der Waals surface area contributed by atoms with Gasteiger partial charge < -0.3 is 4.52 Å². The van der Waals surface area contributed by atoms with Crippen LogP contribution in [0.3, 0.4) is 0 Å². The van der Waals surface area contributed by atoms with Crippen LogP contribution in [0.25, 0.3) is 0 Å². The summed E-state index contributed by atoms with van der Waals surface area (Å²) >= 11 is 0. The Morgan fingerprint density at radius 1 is 1.24 bits per heavy atom. The molecule has 6 heteroatoms. The van der Waals surface area contributed by atoms with Crippen molar-refractivity contribution in [1.29, 1.82) is 0 Å². The zero-order valence-corrected chi connectivity index (χ0v) is 13.3. The number of hydrogen-bond donors (Lipinski definition) is 0. The molecule has 0 radical (unpaired) electrons. The van der Waals surface area contributed by atoms with Crippen LogP contribution in [0.4, 0.5) is 0 Å². The minimum Gasteiger partial charge on any atom is -0.461 e. The molecule has 0 heterocycles. The van der Waals surface area contributed by atoms with Crippen LogP contribution in [0.15, 0.2) is 0 Å². The maximum absolute atomic E-state index is 12.2. The van der Waals surface area contributed by atoms with Gasteiger partial charge in [0.15, 0.2) is 0 Å². The van der Waals surface area contributed by atoms with E-state index in [1.54, 1.807) is 27.7 Å². The molecule has 0 saturated carbocycles. The second-order valence-electron chi connectivity index (χ2n) is 5.44. The van der Waals surface area contributed by atoms with Crippen molar-refractivity contribution in [3.63, 3.8) is 0 Å². The van der Waals surface area contributed by atoms with Crippen LogP contribution in [0.1, 0.15) is 48.5 Å². The minimum atomic E-state index is -3.47. The Balaban J connectivity index is 0. The van der Waals surface area contributed by atoms with Gasteiger partial charge in [-0.25, -0.2) is 4.57 Å². The Bertz CT molecular complexity index is 234. The van der Waals surface area contributed by atoms with Crippen molar-refractivity contribution in [2.24, 2.45) is 5.41 Å². The van der Waals surface area contributed by atoms with Gasteiger partial charge in [-0.1, -0.05) is 20.8 Å². The van der Waals surface area contributed by atoms with Crippen LogP contribution in [0.5, 0.6) is 0 Å². The average Bonchev–Trinajstić information content (AvgIpc) is 1.96. The van der Waals surface area contributed by atoms with Crippen LogP contribution >= 0.6 is 7.82 Å². The van der Waals surface area contributed by atoms with Crippen LogP contribution in [-0.4, -0.2) is 12.7 Å². The van der Waals surface area contributed by atoms with E-state index in [9.17, 15) is 4.57 Å². The van der Waals surface area contributed by atoms with Gasteiger partial charge in [0.2, 0.25) is 0 Å². The smallest absolute Gasteiger partial charge is 0.461 e. The van der Waals surface area contributed by atoms with E-state index in [4.69, 9.17) is 13.6 Å². The quantitative estimate of drug-likeness (QED) is 0.407. The van der Waals surface area contributed by atoms with Crippen molar-refractivity contribution < 1.29 is 37.0 Å². The molecule has 0 aromatic heterocycles. The van der Waals surface area contributed by atoms with Gasteiger partial charge in [0.25, 0.3) is 0 Å². The molecule has 0 amide bonds. The third kappa shape index (κ3) is 11.5. The van der Waals surface area contributed by atoms with Crippen LogP contribution in [0, 0.1) is 11.5 Å². The Kier molecular flexibility index (Phi) is 9.42. The zero-order valence-electron chi connectivity index (χ0n) is 12.4. The maximum Gasteiger partial charge on any atom is 1.00 e. The standard InChI is InChI=1S/C11H24O4P.Li/c1-9(2)14-16(12,15-10(3)4)13-8-11(5,6)7;/h9H,8H2,1-7H3;/q-1;+1. The van der Waals surface area contributed by atoms with Crippen molar-refractivity contribution in [2.45, 2.75) is 54.6 Å². The molecule has 0 spiro atoms. The summed E-state index contributed by atoms with van der Waals surface area (Å²) in [5.74, 6) is 0. The van der Waals surface area contributed by atoms with Crippen LogP contribution in [0.2, 0.25) is 0 Å². The summed E-state index contributed by atoms with van der Waals surface area (Å²) in [7, 11) is -3.47. The van der Waals surface area contributed by atoms with E-state index in [2.05, 4.69) is 0 Å². The average molecular weight is 258 g/mol. The number of phosphoric ester groups is 1. The van der Waals surface area contributed by atoms with E-state index < -0.39 is 7.82 Å². The first-order chi connectivity index (χ1) is 7.04. The fourth-order valence-corrected chi connectivity index (χ4v) is 2.50. The predicted octanol–water partition coefficient (Wildman–Crippen LogP) is 1.17. The van der Waals surface area contributed by atoms with Crippen LogP contribution in [-0.2, 0) is 18.1 Å². The molecule has 0 N–H and O–H groups in total. The summed E-state index contributed by atoms with van der Waals surface area (Å²) in [6.07, 6.45) is 0.364. The number of phosphoric acid groups is 1.